The van der Waals surface area contributed by atoms with Crippen LogP contribution in [0.25, 0.3) is 0 Å². The molecule has 1 rings (SSSR count). The quantitative estimate of drug-likeness (QED) is 0.403. The molecule has 0 aromatic carbocycles. The van der Waals surface area contributed by atoms with Gasteiger partial charge in [-0.15, -0.1) is 0 Å². The summed E-state index contributed by atoms with van der Waals surface area (Å²) in [4.78, 5) is 33.5. The molecule has 1 aliphatic heterocycles. The molecule has 0 amide bonds. The Bertz CT molecular complexity index is 434. The van der Waals surface area contributed by atoms with E-state index >= 15 is 0 Å². The van der Waals surface area contributed by atoms with Crippen molar-refractivity contribution in [2.75, 3.05) is 6.61 Å². The summed E-state index contributed by atoms with van der Waals surface area (Å²) in [7, 11) is 0. The molecule has 132 valence electrons. The first-order valence-corrected chi connectivity index (χ1v) is 7.15. The van der Waals surface area contributed by atoms with Crippen LogP contribution in [-0.2, 0) is 38.1 Å². The highest BCUT2D eigenvalue weighted by molar-refractivity contribution is 5.67. The van der Waals surface area contributed by atoms with Gasteiger partial charge >= 0.3 is 17.9 Å². The minimum Gasteiger partial charge on any atom is -0.463 e. The first kappa shape index (κ1) is 19.3. The van der Waals surface area contributed by atoms with Gasteiger partial charge in [0.1, 0.15) is 18.8 Å². The lowest BCUT2D eigenvalue weighted by Crippen LogP contribution is -2.54. The fraction of sp³-hybridized carbons (Fsp3) is 0.786. The van der Waals surface area contributed by atoms with Crippen molar-refractivity contribution in [2.45, 2.75) is 65.0 Å². The summed E-state index contributed by atoms with van der Waals surface area (Å²) in [5, 5.41) is 9.31. The summed E-state index contributed by atoms with van der Waals surface area (Å²) in [6, 6.07) is 0. The molecule has 5 atom stereocenters. The van der Waals surface area contributed by atoms with Gasteiger partial charge in [-0.25, -0.2) is 0 Å². The maximum absolute atomic E-state index is 11.3. The number of rotatable bonds is 6. The maximum atomic E-state index is 11.3. The largest absolute Gasteiger partial charge is 0.463 e. The van der Waals surface area contributed by atoms with Crippen molar-refractivity contribution in [3.63, 3.8) is 0 Å². The van der Waals surface area contributed by atoms with Gasteiger partial charge < -0.3 is 28.8 Å². The monoisotopic (exact) mass is 334 g/mol. The van der Waals surface area contributed by atoms with E-state index in [1.54, 1.807) is 0 Å². The van der Waals surface area contributed by atoms with E-state index < -0.39 is 48.8 Å². The molecule has 0 radical (unpaired) electrons. The fourth-order valence-corrected chi connectivity index (χ4v) is 2.20. The van der Waals surface area contributed by atoms with E-state index in [0.717, 1.165) is 0 Å². The summed E-state index contributed by atoms with van der Waals surface area (Å²) >= 11 is 0. The van der Waals surface area contributed by atoms with Gasteiger partial charge in [0, 0.05) is 27.2 Å². The third-order valence-electron chi connectivity index (χ3n) is 2.90. The zero-order valence-electron chi connectivity index (χ0n) is 13.5. The highest BCUT2D eigenvalue weighted by Gasteiger charge is 2.44. The summed E-state index contributed by atoms with van der Waals surface area (Å²) in [6.45, 7) is 4.81. The van der Waals surface area contributed by atoms with E-state index in [2.05, 4.69) is 0 Å². The lowest BCUT2D eigenvalue weighted by atomic mass is 10.0. The van der Waals surface area contributed by atoms with Crippen LogP contribution in [0.2, 0.25) is 0 Å². The van der Waals surface area contributed by atoms with Gasteiger partial charge in [0.15, 0.2) is 18.7 Å². The molecule has 23 heavy (non-hydrogen) atoms. The topological polar surface area (TPSA) is 118 Å². The number of carbonyl (C=O) groups is 3. The summed E-state index contributed by atoms with van der Waals surface area (Å²) < 4.78 is 25.9. The van der Waals surface area contributed by atoms with Crippen molar-refractivity contribution in [1.82, 2.24) is 0 Å². The van der Waals surface area contributed by atoms with Crippen LogP contribution in [0, 0.1) is 0 Å². The number of aliphatic hydroxyl groups excluding tert-OH is 1. The van der Waals surface area contributed by atoms with Gasteiger partial charge in [-0.1, -0.05) is 0 Å². The van der Waals surface area contributed by atoms with E-state index in [1.807, 2.05) is 0 Å². The average molecular weight is 334 g/mol. The number of aliphatic hydroxyl groups is 1. The van der Waals surface area contributed by atoms with Gasteiger partial charge in [-0.2, -0.15) is 0 Å². The first-order valence-electron chi connectivity index (χ1n) is 7.15. The number of carbonyl (C=O) groups excluding carboxylic acids is 3. The molecule has 0 saturated carbocycles. The van der Waals surface area contributed by atoms with Crippen LogP contribution in [0.5, 0.6) is 0 Å². The summed E-state index contributed by atoms with van der Waals surface area (Å²) in [6.07, 6.45) is -4.67. The van der Waals surface area contributed by atoms with E-state index in [0.29, 0.717) is 0 Å². The van der Waals surface area contributed by atoms with Crippen LogP contribution < -0.4 is 0 Å². The second-order valence-electron chi connectivity index (χ2n) is 5.10. The molecule has 0 aliphatic carbocycles. The fourth-order valence-electron chi connectivity index (χ4n) is 2.20. The van der Waals surface area contributed by atoms with E-state index in [4.69, 9.17) is 23.7 Å². The van der Waals surface area contributed by atoms with Crippen LogP contribution in [0.15, 0.2) is 0 Å². The summed E-state index contributed by atoms with van der Waals surface area (Å²) in [5.74, 6) is -1.72. The Morgan fingerprint density at radius 3 is 2.22 bits per heavy atom. The lowest BCUT2D eigenvalue weighted by molar-refractivity contribution is -0.296. The molecule has 1 heterocycles. The van der Waals surface area contributed by atoms with E-state index in [9.17, 15) is 19.5 Å². The van der Waals surface area contributed by atoms with Crippen LogP contribution in [0.3, 0.4) is 0 Å². The molecule has 1 fully saturated rings. The Morgan fingerprint density at radius 2 is 1.74 bits per heavy atom. The van der Waals surface area contributed by atoms with E-state index in [1.165, 1.54) is 27.7 Å². The Morgan fingerprint density at radius 1 is 1.13 bits per heavy atom. The molecule has 0 bridgehead atoms. The Labute approximate surface area is 133 Å². The molecule has 0 spiro atoms. The van der Waals surface area contributed by atoms with Crippen molar-refractivity contribution in [3.8, 4) is 0 Å². The second kappa shape index (κ2) is 8.80. The van der Waals surface area contributed by atoms with Gasteiger partial charge in [-0.05, 0) is 6.92 Å². The van der Waals surface area contributed by atoms with Gasteiger partial charge in [0.2, 0.25) is 0 Å². The minimum atomic E-state index is -1.11. The molecular formula is C14H22O9. The Hall–Kier alpha value is -1.71. The highest BCUT2D eigenvalue weighted by atomic mass is 16.7. The van der Waals surface area contributed by atoms with Gasteiger partial charge in [0.05, 0.1) is 0 Å². The van der Waals surface area contributed by atoms with Crippen molar-refractivity contribution < 1.29 is 43.2 Å². The lowest BCUT2D eigenvalue weighted by Gasteiger charge is -2.40. The molecule has 0 aromatic rings. The number of ether oxygens (including phenoxy) is 5. The molecule has 9 heteroatoms. The first-order chi connectivity index (χ1) is 10.7. The molecule has 9 nitrogen and oxygen atoms in total. The highest BCUT2D eigenvalue weighted by Crippen LogP contribution is 2.27. The van der Waals surface area contributed by atoms with Crippen LogP contribution >= 0.6 is 0 Å². The predicted octanol–water partition coefficient (Wildman–Crippen LogP) is -0.117. The van der Waals surface area contributed by atoms with Crippen LogP contribution in [-0.4, -0.2) is 60.5 Å². The zero-order valence-corrected chi connectivity index (χ0v) is 13.5. The maximum Gasteiger partial charge on any atom is 0.303 e. The SMILES string of the molecule is CC(=O)OC[C@@H]1O[C@H](OC(C)O)C[C@H](OC(C)=O)[C@H]1OC(C)=O. The van der Waals surface area contributed by atoms with Gasteiger partial charge in [-0.3, -0.25) is 14.4 Å². The van der Waals surface area contributed by atoms with E-state index in [-0.39, 0.29) is 13.0 Å². The van der Waals surface area contributed by atoms with Crippen molar-refractivity contribution in [2.24, 2.45) is 0 Å². The summed E-state index contributed by atoms with van der Waals surface area (Å²) in [5.41, 5.74) is 0. The number of esters is 3. The van der Waals surface area contributed by atoms with Crippen molar-refractivity contribution >= 4 is 17.9 Å². The average Bonchev–Trinajstić information content (AvgIpc) is 2.37. The molecule has 1 saturated heterocycles. The normalized spacial score (nSPS) is 28.6. The molecule has 1 unspecified atom stereocenters. The van der Waals surface area contributed by atoms with Crippen LogP contribution in [0.1, 0.15) is 34.1 Å². The minimum absolute atomic E-state index is 0.0546. The molecule has 1 N–H and O–H groups in total. The standard InChI is InChI=1S/C14H22O9/c1-7(15)19-6-12-14(22-10(4)18)11(20-8(2)16)5-13(23-12)21-9(3)17/h9,11-14,17H,5-6H2,1-4H3/t9?,11-,12-,13-,14+/m0/s1. The molecule has 0 aromatic heterocycles. The Balaban J connectivity index is 2.92. The van der Waals surface area contributed by atoms with Crippen LogP contribution in [0.4, 0.5) is 0 Å². The number of hydrogen-bond acceptors (Lipinski definition) is 9. The molecular weight excluding hydrogens is 312 g/mol. The second-order valence-corrected chi connectivity index (χ2v) is 5.10. The molecule has 1 aliphatic rings. The third kappa shape index (κ3) is 6.93. The van der Waals surface area contributed by atoms with Crippen molar-refractivity contribution in [1.29, 1.82) is 0 Å². The zero-order chi connectivity index (χ0) is 17.6. The number of hydrogen-bond donors (Lipinski definition) is 1. The van der Waals surface area contributed by atoms with Gasteiger partial charge in [0.25, 0.3) is 0 Å². The smallest absolute Gasteiger partial charge is 0.303 e. The predicted molar refractivity (Wildman–Crippen MR) is 73.8 cm³/mol. The van der Waals surface area contributed by atoms with Crippen molar-refractivity contribution in [3.05, 3.63) is 0 Å². The Kier molecular flexibility index (Phi) is 7.40. The third-order valence-corrected chi connectivity index (χ3v) is 2.90.